The van der Waals surface area contributed by atoms with E-state index in [4.69, 9.17) is 0 Å². The molecule has 1 atom stereocenters. The Labute approximate surface area is 131 Å². The first-order chi connectivity index (χ1) is 10.7. The van der Waals surface area contributed by atoms with Crippen LogP contribution in [0.1, 0.15) is 34.5 Å². The van der Waals surface area contributed by atoms with Gasteiger partial charge in [0.05, 0.1) is 18.6 Å². The Bertz CT molecular complexity index is 692. The molecule has 0 fully saturated rings. The lowest BCUT2D eigenvalue weighted by molar-refractivity contribution is 0.0967. The number of benzene rings is 1. The molecule has 4 nitrogen and oxygen atoms in total. The molecule has 1 N–H and O–H groups in total. The van der Waals surface area contributed by atoms with E-state index in [1.807, 2.05) is 13.4 Å². The summed E-state index contributed by atoms with van der Waals surface area (Å²) >= 11 is 0. The van der Waals surface area contributed by atoms with Gasteiger partial charge < -0.3 is 9.67 Å². The minimum atomic E-state index is 0.191. The highest BCUT2D eigenvalue weighted by atomic mass is 16.3. The highest BCUT2D eigenvalue weighted by molar-refractivity contribution is 5.35. The molecule has 4 rings (SSSR count). The topological polar surface area (TPSA) is 41.3 Å². The van der Waals surface area contributed by atoms with Gasteiger partial charge >= 0.3 is 0 Å². The molecule has 0 saturated carbocycles. The summed E-state index contributed by atoms with van der Waals surface area (Å²) in [7, 11) is 2.04. The second-order valence-corrected chi connectivity index (χ2v) is 6.65. The van der Waals surface area contributed by atoms with Crippen molar-refractivity contribution in [3.63, 3.8) is 0 Å². The number of aryl methyl sites for hydroxylation is 3. The van der Waals surface area contributed by atoms with E-state index in [0.29, 0.717) is 0 Å². The third-order valence-electron chi connectivity index (χ3n) is 5.20. The first-order valence-electron chi connectivity index (χ1n) is 8.19. The molecule has 0 saturated heterocycles. The first-order valence-corrected chi connectivity index (χ1v) is 8.19. The third kappa shape index (κ3) is 2.36. The van der Waals surface area contributed by atoms with Crippen molar-refractivity contribution in [3.8, 4) is 0 Å². The van der Waals surface area contributed by atoms with Gasteiger partial charge in [-0.15, -0.1) is 0 Å². The number of aliphatic hydroxyl groups is 1. The Kier molecular flexibility index (Phi) is 3.51. The first kappa shape index (κ1) is 14.0. The number of fused-ring (bicyclic) bond motifs is 2. The largest absolute Gasteiger partial charge is 0.395 e. The molecule has 0 unspecified atom stereocenters. The second kappa shape index (κ2) is 5.52. The van der Waals surface area contributed by atoms with Crippen molar-refractivity contribution >= 4 is 0 Å². The standard InChI is InChI=1S/C18H23N3O/c1-20-12-19-17-10-21(16(11-22)8-18(17)20)9-13-5-6-14-3-2-4-15(14)7-13/h5-7,12,16,22H,2-4,8-11H2,1H3/t16-/m0/s1. The fourth-order valence-electron chi connectivity index (χ4n) is 3.89. The van der Waals surface area contributed by atoms with E-state index in [-0.39, 0.29) is 12.6 Å². The van der Waals surface area contributed by atoms with Gasteiger partial charge in [0.25, 0.3) is 0 Å². The number of rotatable bonds is 3. The molecule has 0 bridgehead atoms. The number of nitrogens with zero attached hydrogens (tertiary/aromatic N) is 3. The number of hydrogen-bond donors (Lipinski definition) is 1. The van der Waals surface area contributed by atoms with E-state index >= 15 is 0 Å². The molecule has 116 valence electrons. The van der Waals surface area contributed by atoms with Crippen LogP contribution < -0.4 is 0 Å². The van der Waals surface area contributed by atoms with Crippen LogP contribution in [-0.4, -0.2) is 32.2 Å². The summed E-state index contributed by atoms with van der Waals surface area (Å²) < 4.78 is 2.09. The van der Waals surface area contributed by atoms with Crippen LogP contribution in [-0.2, 0) is 39.4 Å². The summed E-state index contributed by atoms with van der Waals surface area (Å²) in [4.78, 5) is 6.88. The van der Waals surface area contributed by atoms with Crippen LogP contribution in [0.2, 0.25) is 0 Å². The van der Waals surface area contributed by atoms with E-state index in [1.54, 1.807) is 0 Å². The highest BCUT2D eigenvalue weighted by Crippen LogP contribution is 2.26. The minimum absolute atomic E-state index is 0.191. The monoisotopic (exact) mass is 297 g/mol. The molecule has 1 aliphatic heterocycles. The van der Waals surface area contributed by atoms with Crippen LogP contribution >= 0.6 is 0 Å². The molecule has 2 aliphatic rings. The van der Waals surface area contributed by atoms with Crippen molar-refractivity contribution in [2.45, 2.75) is 44.8 Å². The van der Waals surface area contributed by atoms with Crippen LogP contribution in [0, 0.1) is 0 Å². The summed E-state index contributed by atoms with van der Waals surface area (Å²) in [6, 6.07) is 7.11. The number of hydrogen-bond acceptors (Lipinski definition) is 3. The van der Waals surface area contributed by atoms with Crippen molar-refractivity contribution in [3.05, 3.63) is 52.6 Å². The Hall–Kier alpha value is -1.65. The number of imidazole rings is 1. The van der Waals surface area contributed by atoms with E-state index < -0.39 is 0 Å². The molecule has 1 aromatic heterocycles. The predicted octanol–water partition coefficient (Wildman–Crippen LogP) is 1.83. The zero-order chi connectivity index (χ0) is 15.1. The van der Waals surface area contributed by atoms with Gasteiger partial charge in [0.2, 0.25) is 0 Å². The van der Waals surface area contributed by atoms with Gasteiger partial charge in [-0.25, -0.2) is 4.98 Å². The van der Waals surface area contributed by atoms with Crippen molar-refractivity contribution in [1.29, 1.82) is 0 Å². The van der Waals surface area contributed by atoms with Crippen LogP contribution in [0.25, 0.3) is 0 Å². The summed E-state index contributed by atoms with van der Waals surface area (Å²) in [5.74, 6) is 0. The van der Waals surface area contributed by atoms with Gasteiger partial charge in [-0.3, -0.25) is 4.90 Å². The smallest absolute Gasteiger partial charge is 0.0949 e. The molecule has 0 amide bonds. The van der Waals surface area contributed by atoms with Crippen molar-refractivity contribution in [2.75, 3.05) is 6.61 Å². The third-order valence-corrected chi connectivity index (χ3v) is 5.20. The lowest BCUT2D eigenvalue weighted by Gasteiger charge is -2.34. The molecular formula is C18H23N3O. The molecule has 0 radical (unpaired) electrons. The zero-order valence-electron chi connectivity index (χ0n) is 13.1. The lowest BCUT2D eigenvalue weighted by Crippen LogP contribution is -2.42. The molecule has 1 aromatic carbocycles. The molecule has 22 heavy (non-hydrogen) atoms. The molecule has 2 aromatic rings. The normalized spacial score (nSPS) is 20.9. The van der Waals surface area contributed by atoms with E-state index in [0.717, 1.165) is 25.2 Å². The van der Waals surface area contributed by atoms with Crippen LogP contribution in [0.3, 0.4) is 0 Å². The molecule has 2 heterocycles. The van der Waals surface area contributed by atoms with Crippen molar-refractivity contribution < 1.29 is 5.11 Å². The summed E-state index contributed by atoms with van der Waals surface area (Å²) in [6.07, 6.45) is 6.51. The van der Waals surface area contributed by atoms with E-state index in [2.05, 4.69) is 32.7 Å². The van der Waals surface area contributed by atoms with Crippen LogP contribution in [0.15, 0.2) is 24.5 Å². The van der Waals surface area contributed by atoms with Gasteiger partial charge in [-0.1, -0.05) is 18.2 Å². The summed E-state index contributed by atoms with van der Waals surface area (Å²) in [5, 5.41) is 9.78. The van der Waals surface area contributed by atoms with Gasteiger partial charge in [0.1, 0.15) is 0 Å². The number of aromatic nitrogens is 2. The van der Waals surface area contributed by atoms with Gasteiger partial charge in [-0.05, 0) is 36.0 Å². The average molecular weight is 297 g/mol. The fourth-order valence-corrected chi connectivity index (χ4v) is 3.89. The Morgan fingerprint density at radius 3 is 3.00 bits per heavy atom. The van der Waals surface area contributed by atoms with Gasteiger partial charge in [0.15, 0.2) is 0 Å². The predicted molar refractivity (Wildman–Crippen MR) is 85.5 cm³/mol. The Balaban J connectivity index is 1.57. The maximum atomic E-state index is 9.78. The van der Waals surface area contributed by atoms with E-state index in [1.165, 1.54) is 41.6 Å². The molecule has 1 aliphatic carbocycles. The maximum absolute atomic E-state index is 9.78. The maximum Gasteiger partial charge on any atom is 0.0949 e. The van der Waals surface area contributed by atoms with Crippen molar-refractivity contribution in [2.24, 2.45) is 7.05 Å². The number of aliphatic hydroxyl groups excluding tert-OH is 1. The lowest BCUT2D eigenvalue weighted by atomic mass is 10.0. The van der Waals surface area contributed by atoms with Gasteiger partial charge in [-0.2, -0.15) is 0 Å². The molecular weight excluding hydrogens is 274 g/mol. The summed E-state index contributed by atoms with van der Waals surface area (Å²) in [5.41, 5.74) is 6.83. The average Bonchev–Trinajstić information content (AvgIpc) is 3.13. The Morgan fingerprint density at radius 2 is 2.14 bits per heavy atom. The van der Waals surface area contributed by atoms with Crippen molar-refractivity contribution in [1.82, 2.24) is 14.5 Å². The molecule has 4 heteroatoms. The quantitative estimate of drug-likeness (QED) is 0.940. The zero-order valence-corrected chi connectivity index (χ0v) is 13.1. The van der Waals surface area contributed by atoms with Gasteiger partial charge in [0, 0.05) is 38.3 Å². The van der Waals surface area contributed by atoms with Crippen LogP contribution in [0.4, 0.5) is 0 Å². The highest BCUT2D eigenvalue weighted by Gasteiger charge is 2.28. The minimum Gasteiger partial charge on any atom is -0.395 e. The fraction of sp³-hybridized carbons (Fsp3) is 0.500. The summed E-state index contributed by atoms with van der Waals surface area (Å²) in [6.45, 7) is 1.93. The van der Waals surface area contributed by atoms with E-state index in [9.17, 15) is 5.11 Å². The second-order valence-electron chi connectivity index (χ2n) is 6.65. The Morgan fingerprint density at radius 1 is 1.27 bits per heavy atom. The van der Waals surface area contributed by atoms with Crippen LogP contribution in [0.5, 0.6) is 0 Å². The molecule has 0 spiro atoms. The SMILES string of the molecule is Cn1cnc2c1C[C@@H](CO)N(Cc1ccc3c(c1)CCC3)C2.